The molecule has 2 amide bonds. The van der Waals surface area contributed by atoms with E-state index in [1.807, 2.05) is 68.6 Å². The monoisotopic (exact) mass is 374 g/mol. The molecule has 1 atom stereocenters. The quantitative estimate of drug-likeness (QED) is 0.695. The first kappa shape index (κ1) is 19.9. The number of rotatable bonds is 7. The molecular formula is C20H25ClN3O2+. The largest absolute Gasteiger partial charge is 0.342 e. The molecule has 6 heteroatoms. The molecule has 4 N–H and O–H groups in total. The van der Waals surface area contributed by atoms with Crippen molar-refractivity contribution in [1.82, 2.24) is 5.32 Å². The van der Waals surface area contributed by atoms with Crippen LogP contribution in [0.4, 0.5) is 5.69 Å². The average Bonchev–Trinajstić information content (AvgIpc) is 2.61. The molecule has 138 valence electrons. The van der Waals surface area contributed by atoms with Gasteiger partial charge in [-0.1, -0.05) is 48.0 Å². The fourth-order valence-electron chi connectivity index (χ4n) is 2.70. The van der Waals surface area contributed by atoms with E-state index in [2.05, 4.69) is 10.6 Å². The Hall–Kier alpha value is -2.37. The third kappa shape index (κ3) is 5.58. The SMILES string of the molecule is Cc1cccc(C)c1NC(=O)CNC(=O)C[NH2+][C@@H](C)c1ccccc1Cl. The van der Waals surface area contributed by atoms with Gasteiger partial charge in [-0.3, -0.25) is 9.59 Å². The van der Waals surface area contributed by atoms with Crippen molar-refractivity contribution in [2.45, 2.75) is 26.8 Å². The fraction of sp³-hybridized carbons (Fsp3) is 0.300. The van der Waals surface area contributed by atoms with Crippen LogP contribution in [0, 0.1) is 13.8 Å². The highest BCUT2D eigenvalue weighted by Gasteiger charge is 2.15. The molecule has 0 radical (unpaired) electrons. The maximum atomic E-state index is 12.1. The van der Waals surface area contributed by atoms with Crippen LogP contribution < -0.4 is 16.0 Å². The highest BCUT2D eigenvalue weighted by atomic mass is 35.5. The lowest BCUT2D eigenvalue weighted by Crippen LogP contribution is -2.87. The molecule has 0 heterocycles. The molecule has 2 aromatic rings. The van der Waals surface area contributed by atoms with Gasteiger partial charge in [-0.05, 0) is 38.0 Å². The Bertz CT molecular complexity index is 772. The third-order valence-corrected chi connectivity index (χ3v) is 4.59. The van der Waals surface area contributed by atoms with E-state index in [-0.39, 0.29) is 30.9 Å². The van der Waals surface area contributed by atoms with Gasteiger partial charge in [0.15, 0.2) is 6.54 Å². The number of nitrogens with one attached hydrogen (secondary N) is 2. The zero-order chi connectivity index (χ0) is 19.1. The van der Waals surface area contributed by atoms with Gasteiger partial charge >= 0.3 is 0 Å². The molecule has 0 fully saturated rings. The number of quaternary nitrogens is 1. The average molecular weight is 375 g/mol. The highest BCUT2D eigenvalue weighted by molar-refractivity contribution is 6.31. The number of amides is 2. The zero-order valence-corrected chi connectivity index (χ0v) is 16.1. The number of hydrogen-bond acceptors (Lipinski definition) is 2. The second-order valence-corrected chi connectivity index (χ2v) is 6.75. The van der Waals surface area contributed by atoms with Crippen molar-refractivity contribution in [3.63, 3.8) is 0 Å². The van der Waals surface area contributed by atoms with Gasteiger partial charge in [0.05, 0.1) is 6.54 Å². The van der Waals surface area contributed by atoms with E-state index < -0.39 is 0 Å². The number of halogens is 1. The predicted molar refractivity (Wildman–Crippen MR) is 104 cm³/mol. The number of hydrogen-bond donors (Lipinski definition) is 3. The summed E-state index contributed by atoms with van der Waals surface area (Å²) in [6.07, 6.45) is 0. The minimum atomic E-state index is -0.241. The van der Waals surface area contributed by atoms with Crippen molar-refractivity contribution in [2.75, 3.05) is 18.4 Å². The first-order valence-electron chi connectivity index (χ1n) is 8.59. The number of carbonyl (C=O) groups excluding carboxylic acids is 2. The van der Waals surface area contributed by atoms with Gasteiger partial charge in [0.1, 0.15) is 6.04 Å². The van der Waals surface area contributed by atoms with Gasteiger partial charge in [-0.25, -0.2) is 0 Å². The van der Waals surface area contributed by atoms with Crippen LogP contribution in [-0.4, -0.2) is 24.9 Å². The molecule has 5 nitrogen and oxygen atoms in total. The number of benzene rings is 2. The Morgan fingerprint density at radius 2 is 1.69 bits per heavy atom. The van der Waals surface area contributed by atoms with Crippen molar-refractivity contribution in [2.24, 2.45) is 0 Å². The Kier molecular flexibility index (Phi) is 7.18. The second-order valence-electron chi connectivity index (χ2n) is 6.34. The van der Waals surface area contributed by atoms with Crippen LogP contribution in [0.3, 0.4) is 0 Å². The molecule has 26 heavy (non-hydrogen) atoms. The zero-order valence-electron chi connectivity index (χ0n) is 15.3. The normalized spacial score (nSPS) is 11.7. The molecule has 0 saturated carbocycles. The summed E-state index contributed by atoms with van der Waals surface area (Å²) in [6.45, 7) is 6.03. The molecular weight excluding hydrogens is 350 g/mol. The van der Waals surface area contributed by atoms with Gasteiger partial charge in [-0.2, -0.15) is 0 Å². The highest BCUT2D eigenvalue weighted by Crippen LogP contribution is 2.20. The molecule has 0 aliphatic rings. The van der Waals surface area contributed by atoms with E-state index in [0.29, 0.717) is 5.02 Å². The van der Waals surface area contributed by atoms with Gasteiger partial charge < -0.3 is 16.0 Å². The molecule has 2 rings (SSSR count). The molecule has 2 aromatic carbocycles. The third-order valence-electron chi connectivity index (χ3n) is 4.24. The van der Waals surface area contributed by atoms with Gasteiger partial charge in [0, 0.05) is 16.3 Å². The molecule has 0 unspecified atom stereocenters. The van der Waals surface area contributed by atoms with E-state index >= 15 is 0 Å². The summed E-state index contributed by atoms with van der Waals surface area (Å²) in [6, 6.07) is 13.4. The lowest BCUT2D eigenvalue weighted by molar-refractivity contribution is -0.682. The van der Waals surface area contributed by atoms with Crippen LogP contribution in [0.15, 0.2) is 42.5 Å². The van der Waals surface area contributed by atoms with Crippen molar-refractivity contribution in [3.8, 4) is 0 Å². The summed E-state index contributed by atoms with van der Waals surface area (Å²) < 4.78 is 0. The fourth-order valence-corrected chi connectivity index (χ4v) is 3.01. The van der Waals surface area contributed by atoms with Gasteiger partial charge in [0.25, 0.3) is 5.91 Å². The smallest absolute Gasteiger partial charge is 0.275 e. The lowest BCUT2D eigenvalue weighted by atomic mass is 10.1. The first-order chi connectivity index (χ1) is 12.4. The van der Waals surface area contributed by atoms with Crippen LogP contribution >= 0.6 is 11.6 Å². The molecule has 0 aliphatic carbocycles. The van der Waals surface area contributed by atoms with Gasteiger partial charge in [-0.15, -0.1) is 0 Å². The number of para-hydroxylation sites is 1. The Morgan fingerprint density at radius 3 is 2.35 bits per heavy atom. The summed E-state index contributed by atoms with van der Waals surface area (Å²) in [5, 5.41) is 8.07. The second kappa shape index (κ2) is 9.36. The maximum absolute atomic E-state index is 12.1. The number of anilines is 1. The number of carbonyl (C=O) groups is 2. The Morgan fingerprint density at radius 1 is 1.04 bits per heavy atom. The summed E-state index contributed by atoms with van der Waals surface area (Å²) in [4.78, 5) is 24.1. The van der Waals surface area contributed by atoms with E-state index in [4.69, 9.17) is 11.6 Å². The topological polar surface area (TPSA) is 74.8 Å². The van der Waals surface area contributed by atoms with E-state index in [0.717, 1.165) is 22.4 Å². The predicted octanol–water partition coefficient (Wildman–Crippen LogP) is 2.34. The lowest BCUT2D eigenvalue weighted by Gasteiger charge is -2.13. The molecule has 0 spiro atoms. The van der Waals surface area contributed by atoms with E-state index in [1.165, 1.54) is 0 Å². The minimum absolute atomic E-state index is 0.0536. The summed E-state index contributed by atoms with van der Waals surface area (Å²) in [5.74, 6) is -0.435. The van der Waals surface area contributed by atoms with Crippen molar-refractivity contribution >= 4 is 29.1 Å². The van der Waals surface area contributed by atoms with E-state index in [1.54, 1.807) is 0 Å². The standard InChI is InChI=1S/C20H24ClN3O2/c1-13-7-6-8-14(2)20(13)24-19(26)12-23-18(25)11-22-15(3)16-9-4-5-10-17(16)21/h4-10,15,22H,11-12H2,1-3H3,(H,23,25)(H,24,26)/p+1/t15-/m0/s1. The summed E-state index contributed by atoms with van der Waals surface area (Å²) >= 11 is 6.17. The molecule has 0 aromatic heterocycles. The van der Waals surface area contributed by atoms with Crippen LogP contribution in [-0.2, 0) is 9.59 Å². The molecule has 0 bridgehead atoms. The summed E-state index contributed by atoms with van der Waals surface area (Å²) in [7, 11) is 0. The summed E-state index contributed by atoms with van der Waals surface area (Å²) in [5.41, 5.74) is 3.76. The van der Waals surface area contributed by atoms with E-state index in [9.17, 15) is 9.59 Å². The van der Waals surface area contributed by atoms with Crippen molar-refractivity contribution in [1.29, 1.82) is 0 Å². The van der Waals surface area contributed by atoms with Gasteiger partial charge in [0.2, 0.25) is 5.91 Å². The first-order valence-corrected chi connectivity index (χ1v) is 8.96. The number of aryl methyl sites for hydroxylation is 2. The van der Waals surface area contributed by atoms with Crippen LogP contribution in [0.2, 0.25) is 5.02 Å². The van der Waals surface area contributed by atoms with Crippen molar-refractivity contribution in [3.05, 3.63) is 64.2 Å². The Balaban J connectivity index is 1.78. The molecule has 0 saturated heterocycles. The maximum Gasteiger partial charge on any atom is 0.275 e. The number of nitrogens with two attached hydrogens (primary N) is 1. The van der Waals surface area contributed by atoms with Crippen LogP contribution in [0.1, 0.15) is 29.7 Å². The van der Waals surface area contributed by atoms with Crippen molar-refractivity contribution < 1.29 is 14.9 Å². The van der Waals surface area contributed by atoms with Crippen LogP contribution in [0.5, 0.6) is 0 Å². The Labute approximate surface area is 159 Å². The molecule has 0 aliphatic heterocycles. The minimum Gasteiger partial charge on any atom is -0.342 e. The van der Waals surface area contributed by atoms with Crippen LogP contribution in [0.25, 0.3) is 0 Å².